The van der Waals surface area contributed by atoms with Crippen molar-refractivity contribution >= 4 is 22.8 Å². The molecule has 0 spiro atoms. The average Bonchev–Trinajstić information content (AvgIpc) is 2.27. The number of aromatic carboxylic acids is 2. The highest BCUT2D eigenvalue weighted by atomic mass is 16.4. The highest BCUT2D eigenvalue weighted by Gasteiger charge is 2.15. The minimum atomic E-state index is -1.21. The highest BCUT2D eigenvalue weighted by Crippen LogP contribution is 2.18. The summed E-state index contributed by atoms with van der Waals surface area (Å²) in [4.78, 5) is 29.1. The van der Waals surface area contributed by atoms with E-state index in [-0.39, 0.29) is 22.2 Å². The summed E-state index contributed by atoms with van der Waals surface area (Å²) in [7, 11) is 0. The first-order valence-electron chi connectivity index (χ1n) is 4.31. The van der Waals surface area contributed by atoms with Crippen molar-refractivity contribution < 1.29 is 19.8 Å². The van der Waals surface area contributed by atoms with Gasteiger partial charge in [0, 0.05) is 5.39 Å². The molecule has 2 N–H and O–H groups in total. The number of aromatic nitrogens is 2. The quantitative estimate of drug-likeness (QED) is 0.780. The van der Waals surface area contributed by atoms with Gasteiger partial charge in [0.2, 0.25) is 0 Å². The molecule has 0 saturated heterocycles. The predicted octanol–water partition coefficient (Wildman–Crippen LogP) is 1.03. The van der Waals surface area contributed by atoms with Crippen molar-refractivity contribution in [1.29, 1.82) is 0 Å². The lowest BCUT2D eigenvalue weighted by Crippen LogP contribution is -2.05. The van der Waals surface area contributed by atoms with Gasteiger partial charge in [0.1, 0.15) is 6.33 Å². The van der Waals surface area contributed by atoms with Crippen LogP contribution in [0.2, 0.25) is 0 Å². The van der Waals surface area contributed by atoms with E-state index >= 15 is 0 Å². The van der Waals surface area contributed by atoms with Crippen LogP contribution >= 0.6 is 0 Å². The van der Waals surface area contributed by atoms with Crippen molar-refractivity contribution in [3.8, 4) is 0 Å². The monoisotopic (exact) mass is 218 g/mol. The Bertz CT molecular complexity index is 541. The summed E-state index contributed by atoms with van der Waals surface area (Å²) in [5, 5.41) is 18.0. The molecule has 0 atom stereocenters. The van der Waals surface area contributed by atoms with E-state index in [4.69, 9.17) is 10.2 Å². The molecule has 0 fully saturated rings. The molecule has 0 saturated carbocycles. The fourth-order valence-electron chi connectivity index (χ4n) is 1.43. The first-order valence-corrected chi connectivity index (χ1v) is 4.31. The van der Waals surface area contributed by atoms with Crippen LogP contribution in [0.4, 0.5) is 0 Å². The summed E-state index contributed by atoms with van der Waals surface area (Å²) in [6.45, 7) is 0. The van der Waals surface area contributed by atoms with Crippen LogP contribution in [0.15, 0.2) is 24.5 Å². The SMILES string of the molecule is O=C(O)c1ncnc2c(C(=O)O)cccc12. The van der Waals surface area contributed by atoms with Crippen LogP contribution in [0.3, 0.4) is 0 Å². The zero-order valence-corrected chi connectivity index (χ0v) is 7.91. The van der Waals surface area contributed by atoms with Crippen molar-refractivity contribution in [2.45, 2.75) is 0 Å². The Morgan fingerprint density at radius 2 is 1.81 bits per heavy atom. The number of carbonyl (C=O) groups is 2. The van der Waals surface area contributed by atoms with E-state index in [0.29, 0.717) is 0 Å². The molecule has 0 aliphatic heterocycles. The smallest absolute Gasteiger partial charge is 0.355 e. The molecule has 2 aromatic rings. The van der Waals surface area contributed by atoms with Crippen molar-refractivity contribution in [3.05, 3.63) is 35.8 Å². The molecular formula is C10H6N2O4. The fourth-order valence-corrected chi connectivity index (χ4v) is 1.43. The molecule has 0 aliphatic carbocycles. The maximum absolute atomic E-state index is 10.9. The zero-order valence-electron chi connectivity index (χ0n) is 7.91. The van der Waals surface area contributed by atoms with Gasteiger partial charge in [0.25, 0.3) is 0 Å². The van der Waals surface area contributed by atoms with Gasteiger partial charge in [-0.15, -0.1) is 0 Å². The molecule has 0 aliphatic rings. The van der Waals surface area contributed by atoms with Gasteiger partial charge >= 0.3 is 11.9 Å². The van der Waals surface area contributed by atoms with Crippen LogP contribution in [0.25, 0.3) is 10.9 Å². The van der Waals surface area contributed by atoms with E-state index in [1.165, 1.54) is 18.2 Å². The topological polar surface area (TPSA) is 100 Å². The van der Waals surface area contributed by atoms with E-state index in [1.54, 1.807) is 0 Å². The van der Waals surface area contributed by atoms with Gasteiger partial charge in [-0.2, -0.15) is 0 Å². The third-order valence-electron chi connectivity index (χ3n) is 2.10. The molecule has 1 heterocycles. The molecule has 0 radical (unpaired) electrons. The summed E-state index contributed by atoms with van der Waals surface area (Å²) < 4.78 is 0. The third kappa shape index (κ3) is 1.46. The number of hydrogen-bond acceptors (Lipinski definition) is 4. The van der Waals surface area contributed by atoms with Crippen molar-refractivity contribution in [2.75, 3.05) is 0 Å². The Morgan fingerprint density at radius 1 is 1.06 bits per heavy atom. The number of nitrogens with zero attached hydrogens (tertiary/aromatic N) is 2. The minimum absolute atomic E-state index is 0.0394. The molecule has 1 aromatic carbocycles. The normalized spacial score (nSPS) is 10.2. The number of benzene rings is 1. The van der Waals surface area contributed by atoms with E-state index in [2.05, 4.69) is 9.97 Å². The second-order valence-electron chi connectivity index (χ2n) is 3.03. The number of para-hydroxylation sites is 1. The van der Waals surface area contributed by atoms with Gasteiger partial charge in [0.05, 0.1) is 11.1 Å². The largest absolute Gasteiger partial charge is 0.478 e. The molecule has 6 nitrogen and oxygen atoms in total. The molecule has 6 heteroatoms. The maximum Gasteiger partial charge on any atom is 0.355 e. The van der Waals surface area contributed by atoms with Crippen LogP contribution in [0.1, 0.15) is 20.8 Å². The summed E-state index contributed by atoms with van der Waals surface area (Å²) in [6, 6.07) is 4.30. The lowest BCUT2D eigenvalue weighted by Gasteiger charge is -2.02. The Morgan fingerprint density at radius 3 is 2.44 bits per heavy atom. The molecular weight excluding hydrogens is 212 g/mol. The van der Waals surface area contributed by atoms with Gasteiger partial charge in [-0.25, -0.2) is 19.6 Å². The molecule has 80 valence electrons. The Labute approximate surface area is 89.2 Å². The average molecular weight is 218 g/mol. The van der Waals surface area contributed by atoms with Gasteiger partial charge in [0.15, 0.2) is 5.69 Å². The van der Waals surface area contributed by atoms with E-state index in [1.807, 2.05) is 0 Å². The van der Waals surface area contributed by atoms with Crippen LogP contribution in [-0.4, -0.2) is 32.1 Å². The van der Waals surface area contributed by atoms with Gasteiger partial charge in [-0.1, -0.05) is 12.1 Å². The summed E-state index contributed by atoms with van der Waals surface area (Å²) >= 11 is 0. The Kier molecular flexibility index (Phi) is 2.24. The van der Waals surface area contributed by atoms with Gasteiger partial charge in [-0.05, 0) is 6.07 Å². The maximum atomic E-state index is 10.9. The van der Waals surface area contributed by atoms with E-state index < -0.39 is 11.9 Å². The predicted molar refractivity (Wildman–Crippen MR) is 53.5 cm³/mol. The number of carboxylic acid groups (broad SMARTS) is 2. The lowest BCUT2D eigenvalue weighted by atomic mass is 10.1. The Hall–Kier alpha value is -2.50. The molecule has 1 aromatic heterocycles. The first-order chi connectivity index (χ1) is 7.61. The van der Waals surface area contributed by atoms with Crippen LogP contribution < -0.4 is 0 Å². The standard InChI is InChI=1S/C10H6N2O4/c13-9(14)6-3-1-2-5-7(6)11-4-12-8(5)10(15)16/h1-4H,(H,13,14)(H,15,16). The number of rotatable bonds is 2. The van der Waals surface area contributed by atoms with Gasteiger partial charge in [-0.3, -0.25) is 0 Å². The van der Waals surface area contributed by atoms with Crippen molar-refractivity contribution in [2.24, 2.45) is 0 Å². The van der Waals surface area contributed by atoms with E-state index in [9.17, 15) is 9.59 Å². The zero-order chi connectivity index (χ0) is 11.7. The number of fused-ring (bicyclic) bond motifs is 1. The fraction of sp³-hybridized carbons (Fsp3) is 0. The molecule has 16 heavy (non-hydrogen) atoms. The third-order valence-corrected chi connectivity index (χ3v) is 2.10. The van der Waals surface area contributed by atoms with Gasteiger partial charge < -0.3 is 10.2 Å². The molecule has 0 amide bonds. The molecule has 2 rings (SSSR count). The Balaban J connectivity index is 2.86. The van der Waals surface area contributed by atoms with E-state index in [0.717, 1.165) is 6.33 Å². The van der Waals surface area contributed by atoms with Crippen LogP contribution in [0.5, 0.6) is 0 Å². The number of hydrogen-bond donors (Lipinski definition) is 2. The van der Waals surface area contributed by atoms with Crippen molar-refractivity contribution in [1.82, 2.24) is 9.97 Å². The highest BCUT2D eigenvalue weighted by molar-refractivity contribution is 6.07. The summed E-state index contributed by atoms with van der Waals surface area (Å²) in [6.07, 6.45) is 1.04. The van der Waals surface area contributed by atoms with Crippen LogP contribution in [-0.2, 0) is 0 Å². The molecule has 0 unspecified atom stereocenters. The lowest BCUT2D eigenvalue weighted by molar-refractivity contribution is 0.0682. The second-order valence-corrected chi connectivity index (χ2v) is 3.03. The van der Waals surface area contributed by atoms with Crippen molar-refractivity contribution in [3.63, 3.8) is 0 Å². The summed E-state index contributed by atoms with van der Waals surface area (Å²) in [5.41, 5.74) is -0.113. The first kappa shape index (κ1) is 10.0. The second kappa shape index (κ2) is 3.58. The summed E-state index contributed by atoms with van der Waals surface area (Å²) in [5.74, 6) is -2.37. The number of carboxylic acids is 2. The molecule has 0 bridgehead atoms. The van der Waals surface area contributed by atoms with Crippen LogP contribution in [0, 0.1) is 0 Å². The minimum Gasteiger partial charge on any atom is -0.478 e.